The minimum atomic E-state index is -0.383. The fourth-order valence-electron chi connectivity index (χ4n) is 3.85. The normalized spacial score (nSPS) is 16.1. The van der Waals surface area contributed by atoms with Crippen LogP contribution < -0.4 is 11.2 Å². The third-order valence-electron chi connectivity index (χ3n) is 5.60. The molecule has 9 nitrogen and oxygen atoms in total. The van der Waals surface area contributed by atoms with Crippen LogP contribution in [0.25, 0.3) is 11.2 Å². The number of aromatic nitrogens is 4. The minimum Gasteiger partial charge on any atom is -0.461 e. The first-order valence-corrected chi connectivity index (χ1v) is 9.38. The van der Waals surface area contributed by atoms with Gasteiger partial charge >= 0.3 is 5.69 Å². The van der Waals surface area contributed by atoms with Gasteiger partial charge in [0.15, 0.2) is 16.9 Å². The van der Waals surface area contributed by atoms with Crippen molar-refractivity contribution in [2.75, 3.05) is 19.6 Å². The molecule has 0 N–H and O–H groups in total. The van der Waals surface area contributed by atoms with E-state index in [1.807, 2.05) is 0 Å². The predicted molar refractivity (Wildman–Crippen MR) is 102 cm³/mol. The summed E-state index contributed by atoms with van der Waals surface area (Å²) in [7, 11) is 3.09. The average Bonchev–Trinajstić information content (AvgIpc) is 3.39. The van der Waals surface area contributed by atoms with Crippen LogP contribution in [0, 0.1) is 5.92 Å². The Kier molecular flexibility index (Phi) is 4.76. The summed E-state index contributed by atoms with van der Waals surface area (Å²) < 4.78 is 9.52. The molecule has 0 bridgehead atoms. The molecule has 28 heavy (non-hydrogen) atoms. The summed E-state index contributed by atoms with van der Waals surface area (Å²) in [4.78, 5) is 43.4. The van der Waals surface area contributed by atoms with Crippen molar-refractivity contribution >= 4 is 16.9 Å². The SMILES string of the molecule is Cn1c(=O)c2c(ncn2CCN2CCC(C(=O)c3ccco3)CC2)n(C)c1=O. The molecular weight excluding hydrogens is 362 g/mol. The van der Waals surface area contributed by atoms with E-state index in [-0.39, 0.29) is 23.0 Å². The van der Waals surface area contributed by atoms with Gasteiger partial charge in [-0.3, -0.25) is 18.7 Å². The molecule has 3 aromatic heterocycles. The largest absolute Gasteiger partial charge is 0.461 e. The first-order valence-electron chi connectivity index (χ1n) is 9.38. The zero-order chi connectivity index (χ0) is 19.8. The van der Waals surface area contributed by atoms with Gasteiger partial charge in [-0.2, -0.15) is 0 Å². The van der Waals surface area contributed by atoms with Gasteiger partial charge in [0.2, 0.25) is 5.78 Å². The highest BCUT2D eigenvalue weighted by molar-refractivity contribution is 5.95. The molecule has 9 heteroatoms. The zero-order valence-corrected chi connectivity index (χ0v) is 16.0. The van der Waals surface area contributed by atoms with Crippen LogP contribution in [0.1, 0.15) is 23.4 Å². The lowest BCUT2D eigenvalue weighted by Crippen LogP contribution is -2.39. The quantitative estimate of drug-likeness (QED) is 0.598. The van der Waals surface area contributed by atoms with Crippen LogP contribution in [0.4, 0.5) is 0 Å². The van der Waals surface area contributed by atoms with Crippen LogP contribution in [0.15, 0.2) is 38.7 Å². The molecular formula is C19H23N5O4. The molecule has 1 aliphatic rings. The standard InChI is InChI=1S/C19H23N5O4/c1-21-17-15(18(26)22(2)19(21)27)24(12-20-17)10-9-23-7-5-13(6-8-23)16(25)14-4-3-11-28-14/h3-4,11-13H,5-10H2,1-2H3. The fourth-order valence-corrected chi connectivity index (χ4v) is 3.85. The third kappa shape index (κ3) is 3.11. The molecule has 1 fully saturated rings. The summed E-state index contributed by atoms with van der Waals surface area (Å²) in [6.45, 7) is 2.99. The number of ketones is 1. The maximum Gasteiger partial charge on any atom is 0.332 e. The van der Waals surface area contributed by atoms with Gasteiger partial charge in [-0.05, 0) is 38.1 Å². The second-order valence-corrected chi connectivity index (χ2v) is 7.27. The molecule has 148 valence electrons. The van der Waals surface area contributed by atoms with Gasteiger partial charge < -0.3 is 13.9 Å². The minimum absolute atomic E-state index is 0.00158. The summed E-state index contributed by atoms with van der Waals surface area (Å²) in [6, 6.07) is 3.45. The maximum absolute atomic E-state index is 12.5. The molecule has 3 aromatic rings. The number of imidazole rings is 1. The van der Waals surface area contributed by atoms with E-state index < -0.39 is 0 Å². The van der Waals surface area contributed by atoms with Gasteiger partial charge in [-0.15, -0.1) is 0 Å². The van der Waals surface area contributed by atoms with Crippen molar-refractivity contribution < 1.29 is 9.21 Å². The van der Waals surface area contributed by atoms with E-state index in [9.17, 15) is 14.4 Å². The number of hydrogen-bond acceptors (Lipinski definition) is 6. The number of carbonyl (C=O) groups is 1. The van der Waals surface area contributed by atoms with E-state index in [0.717, 1.165) is 37.0 Å². The molecule has 0 aromatic carbocycles. The van der Waals surface area contributed by atoms with Crippen molar-refractivity contribution in [1.29, 1.82) is 0 Å². The van der Waals surface area contributed by atoms with E-state index in [1.165, 1.54) is 17.9 Å². The van der Waals surface area contributed by atoms with Crippen LogP contribution in [0.2, 0.25) is 0 Å². The zero-order valence-electron chi connectivity index (χ0n) is 16.0. The van der Waals surface area contributed by atoms with E-state index in [0.29, 0.717) is 23.5 Å². The Morgan fingerprint density at radius 3 is 2.61 bits per heavy atom. The summed E-state index contributed by atoms with van der Waals surface area (Å²) in [6.07, 6.45) is 4.72. The number of rotatable bonds is 5. The molecule has 0 spiro atoms. The van der Waals surface area contributed by atoms with Crippen LogP contribution in [0.5, 0.6) is 0 Å². The molecule has 1 aliphatic heterocycles. The molecule has 4 rings (SSSR count). The summed E-state index contributed by atoms with van der Waals surface area (Å²) >= 11 is 0. The van der Waals surface area contributed by atoms with Crippen LogP contribution in [-0.2, 0) is 20.6 Å². The Morgan fingerprint density at radius 2 is 1.93 bits per heavy atom. The van der Waals surface area contributed by atoms with Gasteiger partial charge in [0.1, 0.15) is 0 Å². The summed E-state index contributed by atoms with van der Waals surface area (Å²) in [5.41, 5.74) is 0.118. The van der Waals surface area contributed by atoms with Gasteiger partial charge in [0, 0.05) is 33.1 Å². The monoisotopic (exact) mass is 385 g/mol. The van der Waals surface area contributed by atoms with Crippen molar-refractivity contribution in [2.45, 2.75) is 19.4 Å². The molecule has 0 amide bonds. The smallest absolute Gasteiger partial charge is 0.332 e. The number of fused-ring (bicyclic) bond motifs is 1. The lowest BCUT2D eigenvalue weighted by Gasteiger charge is -2.30. The van der Waals surface area contributed by atoms with E-state index in [1.54, 1.807) is 30.1 Å². The number of carbonyl (C=O) groups excluding carboxylic acids is 1. The third-order valence-corrected chi connectivity index (χ3v) is 5.60. The van der Waals surface area contributed by atoms with E-state index in [2.05, 4.69) is 9.88 Å². The Labute approximate surface area is 160 Å². The lowest BCUT2D eigenvalue weighted by atomic mass is 9.91. The molecule has 0 unspecified atom stereocenters. The first-order chi connectivity index (χ1) is 13.5. The molecule has 4 heterocycles. The Balaban J connectivity index is 1.42. The molecule has 0 aliphatic carbocycles. The van der Waals surface area contributed by atoms with Crippen molar-refractivity contribution in [3.05, 3.63) is 51.3 Å². The van der Waals surface area contributed by atoms with Gasteiger partial charge in [-0.1, -0.05) is 0 Å². The summed E-state index contributed by atoms with van der Waals surface area (Å²) in [5.74, 6) is 0.512. The van der Waals surface area contributed by atoms with Gasteiger partial charge in [0.05, 0.1) is 12.6 Å². The van der Waals surface area contributed by atoms with E-state index in [4.69, 9.17) is 4.42 Å². The lowest BCUT2D eigenvalue weighted by molar-refractivity contribution is 0.0809. The number of nitrogens with zero attached hydrogens (tertiary/aromatic N) is 5. The van der Waals surface area contributed by atoms with Gasteiger partial charge in [0.25, 0.3) is 5.56 Å². The van der Waals surface area contributed by atoms with Crippen LogP contribution >= 0.6 is 0 Å². The number of hydrogen-bond donors (Lipinski definition) is 0. The van der Waals surface area contributed by atoms with Crippen LogP contribution in [-0.4, -0.2) is 49.0 Å². The molecule has 0 saturated carbocycles. The Morgan fingerprint density at radius 1 is 1.18 bits per heavy atom. The van der Waals surface area contributed by atoms with Crippen molar-refractivity contribution in [1.82, 2.24) is 23.6 Å². The molecule has 0 atom stereocenters. The molecule has 1 saturated heterocycles. The summed E-state index contributed by atoms with van der Waals surface area (Å²) in [5, 5.41) is 0. The highest BCUT2D eigenvalue weighted by Crippen LogP contribution is 2.22. The van der Waals surface area contributed by atoms with Crippen molar-refractivity contribution in [3.8, 4) is 0 Å². The van der Waals surface area contributed by atoms with Crippen molar-refractivity contribution in [3.63, 3.8) is 0 Å². The number of aryl methyl sites for hydroxylation is 1. The first kappa shape index (κ1) is 18.4. The van der Waals surface area contributed by atoms with Gasteiger partial charge in [-0.25, -0.2) is 9.78 Å². The number of Topliss-reactive ketones (excluding diaryl/α,β-unsaturated/α-hetero) is 1. The number of furan rings is 1. The Bertz CT molecular complexity index is 1110. The second kappa shape index (κ2) is 7.23. The number of likely N-dealkylation sites (tertiary alicyclic amines) is 1. The maximum atomic E-state index is 12.5. The van der Waals surface area contributed by atoms with Crippen LogP contribution in [0.3, 0.4) is 0 Å². The Hall–Kier alpha value is -2.94. The number of piperidine rings is 1. The molecule has 0 radical (unpaired) electrons. The topological polar surface area (TPSA) is 95.3 Å². The predicted octanol–water partition coefficient (Wildman–Crippen LogP) is 0.622. The highest BCUT2D eigenvalue weighted by atomic mass is 16.3. The van der Waals surface area contributed by atoms with Crippen molar-refractivity contribution in [2.24, 2.45) is 20.0 Å². The highest BCUT2D eigenvalue weighted by Gasteiger charge is 2.27. The van der Waals surface area contributed by atoms with E-state index >= 15 is 0 Å². The average molecular weight is 385 g/mol. The second-order valence-electron chi connectivity index (χ2n) is 7.27. The fraction of sp³-hybridized carbons (Fsp3) is 0.474.